The lowest BCUT2D eigenvalue weighted by Gasteiger charge is -2.35. The number of rotatable bonds is 7. The molecule has 0 amide bonds. The lowest BCUT2D eigenvalue weighted by molar-refractivity contribution is 0.104. The summed E-state index contributed by atoms with van der Waals surface area (Å²) in [7, 11) is -2.17. The van der Waals surface area contributed by atoms with Gasteiger partial charge in [-0.05, 0) is 85.5 Å². The van der Waals surface area contributed by atoms with Gasteiger partial charge in [0, 0.05) is 34.1 Å². The van der Waals surface area contributed by atoms with Crippen molar-refractivity contribution in [3.8, 4) is 16.9 Å². The molecule has 0 bridgehead atoms. The highest BCUT2D eigenvalue weighted by molar-refractivity contribution is 7.92. The summed E-state index contributed by atoms with van der Waals surface area (Å²) in [4.78, 5) is 13.3. The van der Waals surface area contributed by atoms with Crippen LogP contribution in [0.1, 0.15) is 35.3 Å². The topological polar surface area (TPSA) is 84.5 Å². The molecule has 0 radical (unpaired) electrons. The lowest BCUT2D eigenvalue weighted by Crippen LogP contribution is -2.43. The van der Waals surface area contributed by atoms with Gasteiger partial charge in [0.15, 0.2) is 5.78 Å². The zero-order valence-electron chi connectivity index (χ0n) is 22.1. The Morgan fingerprint density at radius 3 is 2.23 bits per heavy atom. The SMILES string of the molecule is COc1ccc2c(c1)/C(=C/C(=O)c1ccc(NS(=O)(=O)c3ccc(-c4ccccc4)cc3)cc1)NC(C)(C)C2. The summed E-state index contributed by atoms with van der Waals surface area (Å²) in [6.07, 6.45) is 2.41. The van der Waals surface area contributed by atoms with Crippen LogP contribution in [0.2, 0.25) is 0 Å². The highest BCUT2D eigenvalue weighted by Gasteiger charge is 2.28. The largest absolute Gasteiger partial charge is 0.497 e. The number of benzene rings is 4. The van der Waals surface area contributed by atoms with Crippen LogP contribution in [0.25, 0.3) is 16.8 Å². The van der Waals surface area contributed by atoms with Crippen molar-refractivity contribution in [2.24, 2.45) is 0 Å². The minimum absolute atomic E-state index is 0.159. The van der Waals surface area contributed by atoms with Gasteiger partial charge >= 0.3 is 0 Å². The zero-order chi connectivity index (χ0) is 27.6. The van der Waals surface area contributed by atoms with Gasteiger partial charge in [0.05, 0.1) is 12.0 Å². The first-order chi connectivity index (χ1) is 18.6. The lowest BCUT2D eigenvalue weighted by atomic mass is 9.85. The minimum Gasteiger partial charge on any atom is -0.497 e. The number of hydrogen-bond acceptors (Lipinski definition) is 5. The van der Waals surface area contributed by atoms with E-state index < -0.39 is 10.0 Å². The molecule has 4 aromatic carbocycles. The van der Waals surface area contributed by atoms with Crippen LogP contribution in [0.15, 0.2) is 108 Å². The quantitative estimate of drug-likeness (QED) is 0.213. The first-order valence-corrected chi connectivity index (χ1v) is 14.1. The molecule has 2 N–H and O–H groups in total. The van der Waals surface area contributed by atoms with Crippen LogP contribution in [0.4, 0.5) is 5.69 Å². The summed E-state index contributed by atoms with van der Waals surface area (Å²) in [5, 5.41) is 3.47. The molecule has 0 spiro atoms. The molecule has 7 heteroatoms. The molecule has 4 aromatic rings. The maximum atomic E-state index is 13.2. The molecule has 0 unspecified atom stereocenters. The highest BCUT2D eigenvalue weighted by Crippen LogP contribution is 2.32. The van der Waals surface area contributed by atoms with Crippen molar-refractivity contribution in [1.29, 1.82) is 0 Å². The average molecular weight is 539 g/mol. The number of fused-ring (bicyclic) bond motifs is 1. The number of allylic oxidation sites excluding steroid dienone is 1. The van der Waals surface area contributed by atoms with Gasteiger partial charge in [-0.15, -0.1) is 0 Å². The third-order valence-electron chi connectivity index (χ3n) is 6.68. The number of nitrogens with one attached hydrogen (secondary N) is 2. The fraction of sp³-hybridized carbons (Fsp3) is 0.156. The van der Waals surface area contributed by atoms with Crippen LogP contribution in [0.3, 0.4) is 0 Å². The van der Waals surface area contributed by atoms with Crippen molar-refractivity contribution < 1.29 is 17.9 Å². The predicted octanol–water partition coefficient (Wildman–Crippen LogP) is 6.31. The highest BCUT2D eigenvalue weighted by atomic mass is 32.2. The van der Waals surface area contributed by atoms with Gasteiger partial charge in [-0.1, -0.05) is 48.5 Å². The summed E-state index contributed by atoms with van der Waals surface area (Å²) in [6, 6.07) is 28.8. The molecule has 198 valence electrons. The molecule has 1 aliphatic rings. The molecule has 0 aliphatic carbocycles. The number of sulfonamides is 1. The molecule has 6 nitrogen and oxygen atoms in total. The molecule has 39 heavy (non-hydrogen) atoms. The fourth-order valence-corrected chi connectivity index (χ4v) is 5.80. The van der Waals surface area contributed by atoms with Crippen molar-refractivity contribution >= 4 is 27.2 Å². The van der Waals surface area contributed by atoms with Crippen molar-refractivity contribution in [3.63, 3.8) is 0 Å². The Hall–Kier alpha value is -4.36. The summed E-state index contributed by atoms with van der Waals surface area (Å²) in [6.45, 7) is 4.18. The van der Waals surface area contributed by atoms with E-state index in [-0.39, 0.29) is 16.2 Å². The van der Waals surface area contributed by atoms with Crippen molar-refractivity contribution in [2.45, 2.75) is 30.7 Å². The van der Waals surface area contributed by atoms with Crippen LogP contribution in [0.5, 0.6) is 5.75 Å². The summed E-state index contributed by atoms with van der Waals surface area (Å²) < 4.78 is 33.9. The molecule has 0 fully saturated rings. The van der Waals surface area contributed by atoms with Gasteiger partial charge in [-0.25, -0.2) is 8.42 Å². The normalized spacial score (nSPS) is 15.2. The van der Waals surface area contributed by atoms with Crippen molar-refractivity contribution in [2.75, 3.05) is 11.8 Å². The second-order valence-electron chi connectivity index (χ2n) is 10.2. The number of methoxy groups -OCH3 is 1. The van der Waals surface area contributed by atoms with Gasteiger partial charge in [0.25, 0.3) is 10.0 Å². The van der Waals surface area contributed by atoms with Gasteiger partial charge in [-0.3, -0.25) is 9.52 Å². The Kier molecular flexibility index (Phi) is 7.02. The number of anilines is 1. The Balaban J connectivity index is 1.33. The van der Waals surface area contributed by atoms with Gasteiger partial charge in [0.2, 0.25) is 0 Å². The fourth-order valence-electron chi connectivity index (χ4n) is 4.74. The first kappa shape index (κ1) is 26.3. The van der Waals surface area contributed by atoms with Gasteiger partial charge in [0.1, 0.15) is 5.75 Å². The molecule has 1 heterocycles. The van der Waals surface area contributed by atoms with Gasteiger partial charge in [-0.2, -0.15) is 0 Å². The van der Waals surface area contributed by atoms with E-state index in [0.717, 1.165) is 40.1 Å². The Morgan fingerprint density at radius 1 is 0.897 bits per heavy atom. The molecular formula is C32H30N2O4S. The van der Waals surface area contributed by atoms with E-state index in [0.29, 0.717) is 11.3 Å². The Bertz CT molecular complexity index is 1640. The van der Waals surface area contributed by atoms with Crippen molar-refractivity contribution in [3.05, 3.63) is 120 Å². The van der Waals surface area contributed by atoms with E-state index in [1.165, 1.54) is 0 Å². The molecule has 0 aromatic heterocycles. The summed E-state index contributed by atoms with van der Waals surface area (Å²) in [5.74, 6) is 0.537. The second-order valence-corrected chi connectivity index (χ2v) is 11.9. The van der Waals surface area contributed by atoms with E-state index in [1.54, 1.807) is 61.7 Å². The zero-order valence-corrected chi connectivity index (χ0v) is 22.9. The van der Waals surface area contributed by atoms with Gasteiger partial charge < -0.3 is 10.1 Å². The van der Waals surface area contributed by atoms with E-state index >= 15 is 0 Å². The maximum absolute atomic E-state index is 13.2. The number of hydrogen-bond donors (Lipinski definition) is 2. The molecular weight excluding hydrogens is 508 g/mol. The van der Waals surface area contributed by atoms with Crippen LogP contribution >= 0.6 is 0 Å². The van der Waals surface area contributed by atoms with Crippen LogP contribution in [-0.4, -0.2) is 26.8 Å². The maximum Gasteiger partial charge on any atom is 0.261 e. The molecule has 1 aliphatic heterocycles. The number of carbonyl (C=O) groups is 1. The van der Waals surface area contributed by atoms with E-state index in [4.69, 9.17) is 4.74 Å². The molecule has 0 atom stereocenters. The van der Waals surface area contributed by atoms with E-state index in [9.17, 15) is 13.2 Å². The number of ketones is 1. The summed E-state index contributed by atoms with van der Waals surface area (Å²) >= 11 is 0. The Morgan fingerprint density at radius 2 is 1.56 bits per heavy atom. The van der Waals surface area contributed by atoms with Crippen LogP contribution < -0.4 is 14.8 Å². The standard InChI is InChI=1S/C32H30N2O4S/c1-32(2)21-25-11-16-27(38-3)19-29(25)30(33-32)20-31(35)24-9-14-26(15-10-24)34-39(36,37)28-17-12-23(13-18-28)22-7-5-4-6-8-22/h4-20,33-34H,21H2,1-3H3/b30-20-. The average Bonchev–Trinajstić information content (AvgIpc) is 2.93. The summed E-state index contributed by atoms with van der Waals surface area (Å²) in [5.41, 5.74) is 5.36. The smallest absolute Gasteiger partial charge is 0.261 e. The van der Waals surface area contributed by atoms with E-state index in [2.05, 4.69) is 23.9 Å². The molecule has 0 saturated carbocycles. The molecule has 5 rings (SSSR count). The third-order valence-corrected chi connectivity index (χ3v) is 8.08. The first-order valence-electron chi connectivity index (χ1n) is 12.6. The van der Waals surface area contributed by atoms with Crippen molar-refractivity contribution in [1.82, 2.24) is 5.32 Å². The Labute approximate surface area is 229 Å². The molecule has 0 saturated heterocycles. The van der Waals surface area contributed by atoms with Crippen LogP contribution in [0, 0.1) is 0 Å². The third kappa shape index (κ3) is 5.89. The number of ether oxygens (including phenoxy) is 1. The van der Waals surface area contributed by atoms with Crippen LogP contribution in [-0.2, 0) is 16.4 Å². The minimum atomic E-state index is -3.79. The predicted molar refractivity (Wildman–Crippen MR) is 155 cm³/mol. The monoisotopic (exact) mass is 538 g/mol. The van der Waals surface area contributed by atoms with E-state index in [1.807, 2.05) is 48.5 Å². The number of carbonyl (C=O) groups excluding carboxylic acids is 1. The second kappa shape index (κ2) is 10.4.